The van der Waals surface area contributed by atoms with Gasteiger partial charge in [-0.3, -0.25) is 14.9 Å². The lowest BCUT2D eigenvalue weighted by Gasteiger charge is -2.05. The minimum Gasteiger partial charge on any atom is -0.504 e. The lowest BCUT2D eigenvalue weighted by molar-refractivity contribution is -0.385. The smallest absolute Gasteiger partial charge is 0.274 e. The standard InChI is InChI=1S/C17H14N4O5S2/c1-26-13-7-11(21(24)25)6-10(16(13)23)8-18-20-15(22)9-27-17-19-12-4-2-3-5-14(12)28-17/h2-8,23H,9H2,1H3,(H,20,22)/b18-8+. The van der Waals surface area contributed by atoms with E-state index in [-0.39, 0.29) is 34.4 Å². The van der Waals surface area contributed by atoms with E-state index >= 15 is 0 Å². The number of fused-ring (bicyclic) bond motifs is 1. The Morgan fingerprint density at radius 3 is 2.96 bits per heavy atom. The number of phenolic OH excluding ortho intramolecular Hbond substituents is 1. The van der Waals surface area contributed by atoms with Crippen LogP contribution in [-0.4, -0.2) is 40.0 Å². The molecule has 0 saturated carbocycles. The highest BCUT2D eigenvalue weighted by Gasteiger charge is 2.16. The molecule has 0 fully saturated rings. The Balaban J connectivity index is 1.61. The van der Waals surface area contributed by atoms with Gasteiger partial charge in [-0.05, 0) is 12.1 Å². The maximum atomic E-state index is 11.9. The van der Waals surface area contributed by atoms with E-state index in [9.17, 15) is 20.0 Å². The molecular weight excluding hydrogens is 404 g/mol. The number of methoxy groups -OCH3 is 1. The number of hydrazone groups is 1. The highest BCUT2D eigenvalue weighted by Crippen LogP contribution is 2.33. The van der Waals surface area contributed by atoms with Crippen LogP contribution in [0, 0.1) is 10.1 Å². The molecule has 28 heavy (non-hydrogen) atoms. The average molecular weight is 418 g/mol. The number of carbonyl (C=O) groups excluding carboxylic acids is 1. The number of rotatable bonds is 7. The summed E-state index contributed by atoms with van der Waals surface area (Å²) in [6, 6.07) is 9.91. The first-order chi connectivity index (χ1) is 13.5. The minimum absolute atomic E-state index is 0.0465. The van der Waals surface area contributed by atoms with Crippen molar-refractivity contribution in [2.45, 2.75) is 4.34 Å². The van der Waals surface area contributed by atoms with Crippen molar-refractivity contribution in [1.29, 1.82) is 0 Å². The largest absolute Gasteiger partial charge is 0.504 e. The zero-order valence-corrected chi connectivity index (χ0v) is 16.1. The van der Waals surface area contributed by atoms with Gasteiger partial charge in [-0.2, -0.15) is 5.10 Å². The van der Waals surface area contributed by atoms with E-state index in [0.717, 1.165) is 32.9 Å². The lowest BCUT2D eigenvalue weighted by Crippen LogP contribution is -2.19. The topological polar surface area (TPSA) is 127 Å². The van der Waals surface area contributed by atoms with E-state index in [1.54, 1.807) is 0 Å². The van der Waals surface area contributed by atoms with E-state index in [1.807, 2.05) is 24.3 Å². The van der Waals surface area contributed by atoms with Crippen molar-refractivity contribution in [2.24, 2.45) is 5.10 Å². The van der Waals surface area contributed by atoms with E-state index in [1.165, 1.54) is 30.2 Å². The molecule has 1 amide bonds. The molecule has 3 aromatic rings. The van der Waals surface area contributed by atoms with Crippen LogP contribution in [-0.2, 0) is 4.79 Å². The predicted molar refractivity (Wildman–Crippen MR) is 107 cm³/mol. The fourth-order valence-corrected chi connectivity index (χ4v) is 4.08. The first-order valence-corrected chi connectivity index (χ1v) is 9.64. The molecule has 0 aliphatic carbocycles. The van der Waals surface area contributed by atoms with Gasteiger partial charge in [-0.15, -0.1) is 11.3 Å². The van der Waals surface area contributed by atoms with Crippen LogP contribution in [0.25, 0.3) is 10.2 Å². The molecule has 144 valence electrons. The van der Waals surface area contributed by atoms with Gasteiger partial charge < -0.3 is 9.84 Å². The summed E-state index contributed by atoms with van der Waals surface area (Å²) < 4.78 is 6.71. The van der Waals surface area contributed by atoms with Gasteiger partial charge in [0.2, 0.25) is 0 Å². The molecule has 0 saturated heterocycles. The zero-order valence-electron chi connectivity index (χ0n) is 14.5. The van der Waals surface area contributed by atoms with E-state index in [0.29, 0.717) is 0 Å². The number of aromatic nitrogens is 1. The Hall–Kier alpha value is -3.18. The number of amides is 1. The summed E-state index contributed by atoms with van der Waals surface area (Å²) in [5, 5.41) is 24.7. The van der Waals surface area contributed by atoms with E-state index in [4.69, 9.17) is 4.74 Å². The van der Waals surface area contributed by atoms with Gasteiger partial charge in [0.05, 0.1) is 40.3 Å². The number of non-ortho nitro benzene ring substituents is 1. The second-order valence-electron chi connectivity index (χ2n) is 5.37. The molecule has 0 spiro atoms. The number of nitro groups is 1. The van der Waals surface area contributed by atoms with Gasteiger partial charge in [0.15, 0.2) is 15.8 Å². The highest BCUT2D eigenvalue weighted by molar-refractivity contribution is 8.01. The molecule has 9 nitrogen and oxygen atoms in total. The first kappa shape index (κ1) is 19.6. The van der Waals surface area contributed by atoms with Gasteiger partial charge >= 0.3 is 0 Å². The van der Waals surface area contributed by atoms with E-state index in [2.05, 4.69) is 15.5 Å². The van der Waals surface area contributed by atoms with Crippen LogP contribution in [0.2, 0.25) is 0 Å². The second kappa shape index (κ2) is 8.67. The number of nitrogens with one attached hydrogen (secondary N) is 1. The van der Waals surface area contributed by atoms with Gasteiger partial charge in [0.1, 0.15) is 0 Å². The fraction of sp³-hybridized carbons (Fsp3) is 0.118. The van der Waals surface area contributed by atoms with Crippen molar-refractivity contribution in [3.8, 4) is 11.5 Å². The SMILES string of the molecule is COc1cc([N+](=O)[O-])cc(/C=N/NC(=O)CSc2nc3ccccc3s2)c1O. The Morgan fingerprint density at radius 2 is 2.25 bits per heavy atom. The molecule has 0 atom stereocenters. The number of aromatic hydroxyl groups is 1. The quantitative estimate of drug-likeness (QED) is 0.261. The maximum absolute atomic E-state index is 11.9. The van der Waals surface area contributed by atoms with Crippen LogP contribution in [0.5, 0.6) is 11.5 Å². The summed E-state index contributed by atoms with van der Waals surface area (Å²) >= 11 is 2.77. The predicted octanol–water partition coefficient (Wildman–Crippen LogP) is 3.16. The fourth-order valence-electron chi connectivity index (χ4n) is 2.22. The maximum Gasteiger partial charge on any atom is 0.274 e. The third kappa shape index (κ3) is 4.56. The van der Waals surface area contributed by atoms with Crippen LogP contribution in [0.4, 0.5) is 5.69 Å². The molecule has 3 rings (SSSR count). The molecule has 1 heterocycles. The van der Waals surface area contributed by atoms with Gasteiger partial charge in [0.25, 0.3) is 11.6 Å². The number of nitrogens with zero attached hydrogens (tertiary/aromatic N) is 3. The second-order valence-corrected chi connectivity index (χ2v) is 7.63. The van der Waals surface area contributed by atoms with E-state index < -0.39 is 4.92 Å². The van der Waals surface area contributed by atoms with Crippen molar-refractivity contribution in [3.63, 3.8) is 0 Å². The Labute approximate surface area is 167 Å². The molecular formula is C17H14N4O5S2. The lowest BCUT2D eigenvalue weighted by atomic mass is 10.2. The highest BCUT2D eigenvalue weighted by atomic mass is 32.2. The number of hydrogen-bond acceptors (Lipinski definition) is 9. The third-order valence-corrected chi connectivity index (χ3v) is 5.69. The summed E-state index contributed by atoms with van der Waals surface area (Å²) in [6.07, 6.45) is 1.12. The van der Waals surface area contributed by atoms with Crippen molar-refractivity contribution in [3.05, 3.63) is 52.1 Å². The molecule has 11 heteroatoms. The summed E-state index contributed by atoms with van der Waals surface area (Å²) in [7, 11) is 1.28. The number of ether oxygens (including phenoxy) is 1. The van der Waals surface area contributed by atoms with Crippen LogP contribution in [0.1, 0.15) is 5.56 Å². The van der Waals surface area contributed by atoms with Crippen molar-refractivity contribution in [1.82, 2.24) is 10.4 Å². The van der Waals surface area contributed by atoms with Crippen molar-refractivity contribution < 1.29 is 19.6 Å². The van der Waals surface area contributed by atoms with Crippen LogP contribution in [0.3, 0.4) is 0 Å². The number of carbonyl (C=O) groups is 1. The van der Waals surface area contributed by atoms with Crippen LogP contribution >= 0.6 is 23.1 Å². The monoisotopic (exact) mass is 418 g/mol. The molecule has 0 bridgehead atoms. The van der Waals surface area contributed by atoms with Crippen molar-refractivity contribution >= 4 is 51.1 Å². The normalized spacial score (nSPS) is 11.0. The molecule has 0 aliphatic rings. The molecule has 1 aromatic heterocycles. The van der Waals surface area contributed by atoms with Gasteiger partial charge in [-0.1, -0.05) is 23.9 Å². The minimum atomic E-state index is -0.619. The average Bonchev–Trinajstić information content (AvgIpc) is 3.10. The molecule has 2 N–H and O–H groups in total. The number of benzene rings is 2. The number of phenols is 1. The molecule has 0 radical (unpaired) electrons. The van der Waals surface area contributed by atoms with Crippen molar-refractivity contribution in [2.75, 3.05) is 12.9 Å². The Morgan fingerprint density at radius 1 is 1.46 bits per heavy atom. The van der Waals surface area contributed by atoms with Gasteiger partial charge in [-0.25, -0.2) is 10.4 Å². The number of thiazole rings is 1. The Bertz CT molecular complexity index is 1030. The number of para-hydroxylation sites is 1. The number of nitro benzene ring substituents is 1. The first-order valence-electron chi connectivity index (χ1n) is 7.83. The number of hydrogen-bond donors (Lipinski definition) is 2. The zero-order chi connectivity index (χ0) is 20.1. The third-order valence-electron chi connectivity index (χ3n) is 3.51. The summed E-state index contributed by atoms with van der Waals surface area (Å²) in [6.45, 7) is 0. The molecule has 0 aliphatic heterocycles. The molecule has 0 unspecified atom stereocenters. The van der Waals surface area contributed by atoms with Crippen LogP contribution < -0.4 is 10.2 Å². The summed E-state index contributed by atoms with van der Waals surface area (Å²) in [4.78, 5) is 26.7. The van der Waals surface area contributed by atoms with Crippen LogP contribution in [0.15, 0.2) is 45.8 Å². The summed E-state index contributed by atoms with van der Waals surface area (Å²) in [5.74, 6) is -0.651. The number of thioether (sulfide) groups is 1. The van der Waals surface area contributed by atoms with Gasteiger partial charge in [0, 0.05) is 11.6 Å². The summed E-state index contributed by atoms with van der Waals surface area (Å²) in [5.41, 5.74) is 2.97. The Kier molecular flexibility index (Phi) is 6.06. The molecule has 2 aromatic carbocycles.